The number of hydrogen-bond donors (Lipinski definition) is 0. The average Bonchev–Trinajstić information content (AvgIpc) is 2.80. The van der Waals surface area contributed by atoms with Gasteiger partial charge in [-0.25, -0.2) is 0 Å². The van der Waals surface area contributed by atoms with Gasteiger partial charge in [0, 0.05) is 43.5 Å². The largest absolute Gasteiger partial charge is 0.497 e. The summed E-state index contributed by atoms with van der Waals surface area (Å²) in [5, 5.41) is 0. The van der Waals surface area contributed by atoms with Crippen LogP contribution in [0.2, 0.25) is 0 Å². The fraction of sp³-hybridized carbons (Fsp3) is 0.500. The molecule has 0 aliphatic carbocycles. The summed E-state index contributed by atoms with van der Waals surface area (Å²) < 4.78 is 10.7. The lowest BCUT2D eigenvalue weighted by Gasteiger charge is -2.34. The van der Waals surface area contributed by atoms with E-state index in [1.165, 1.54) is 0 Å². The molecule has 1 atom stereocenters. The van der Waals surface area contributed by atoms with Crippen LogP contribution in [0, 0.1) is 0 Å². The van der Waals surface area contributed by atoms with Gasteiger partial charge in [0.05, 0.1) is 38.3 Å². The van der Waals surface area contributed by atoms with Gasteiger partial charge in [-0.2, -0.15) is 0 Å². The molecule has 0 saturated carbocycles. The van der Waals surface area contributed by atoms with Gasteiger partial charge in [0.25, 0.3) is 0 Å². The molecule has 2 aliphatic heterocycles. The van der Waals surface area contributed by atoms with Crippen molar-refractivity contribution in [2.24, 2.45) is 0 Å². The van der Waals surface area contributed by atoms with Gasteiger partial charge >= 0.3 is 0 Å². The summed E-state index contributed by atoms with van der Waals surface area (Å²) in [5.74, 6) is 1.26. The lowest BCUT2D eigenvalue weighted by atomic mass is 9.91. The van der Waals surface area contributed by atoms with Gasteiger partial charge in [0.15, 0.2) is 0 Å². The number of piperidine rings is 1. The number of carbonyl (C=O) groups excluding carboxylic acids is 1. The maximum atomic E-state index is 12.7. The minimum Gasteiger partial charge on any atom is -0.497 e. The molecule has 2 saturated heterocycles. The maximum absolute atomic E-state index is 12.7. The molecule has 0 N–H and O–H groups in total. The van der Waals surface area contributed by atoms with Crippen molar-refractivity contribution in [3.05, 3.63) is 42.4 Å². The third-order valence-corrected chi connectivity index (χ3v) is 5.68. The lowest BCUT2D eigenvalue weighted by Crippen LogP contribution is -2.47. The van der Waals surface area contributed by atoms with Crippen molar-refractivity contribution in [2.75, 3.05) is 53.0 Å². The van der Waals surface area contributed by atoms with Gasteiger partial charge in [0.2, 0.25) is 5.91 Å². The van der Waals surface area contributed by atoms with Crippen LogP contribution in [-0.4, -0.2) is 78.7 Å². The predicted molar refractivity (Wildman–Crippen MR) is 110 cm³/mol. The van der Waals surface area contributed by atoms with Crippen LogP contribution in [0.3, 0.4) is 0 Å². The number of nitrogens with zero attached hydrogens (tertiary/aromatic N) is 4. The molecule has 2 aromatic rings. The molecule has 7 nitrogen and oxygen atoms in total. The Hall–Kier alpha value is -2.51. The van der Waals surface area contributed by atoms with E-state index in [1.54, 1.807) is 19.5 Å². The van der Waals surface area contributed by atoms with Crippen LogP contribution in [0.25, 0.3) is 11.3 Å². The van der Waals surface area contributed by atoms with Crippen molar-refractivity contribution in [1.82, 2.24) is 19.8 Å². The van der Waals surface area contributed by atoms with E-state index in [-0.39, 0.29) is 11.8 Å². The number of morpholine rings is 1. The first kappa shape index (κ1) is 19.8. The molecule has 0 radical (unpaired) electrons. The number of likely N-dealkylation sites (tertiary alicyclic amines) is 1. The van der Waals surface area contributed by atoms with Crippen LogP contribution in [0.1, 0.15) is 24.5 Å². The highest BCUT2D eigenvalue weighted by Gasteiger charge is 2.28. The Bertz CT molecular complexity index is 838. The number of ether oxygens (including phenoxy) is 2. The minimum absolute atomic E-state index is 0.195. The molecule has 1 aromatic heterocycles. The standard InChI is InChI=1S/C22H28N4O3/c1-28-19-6-2-4-17(14-19)21-22(24-8-7-23-21)18-5-3-9-25(15-18)16-20(27)26-10-12-29-13-11-26/h2,4,6-8,14,18H,3,5,9-13,15-16H2,1H3/t18-/m0/s1. The second-order valence-corrected chi connectivity index (χ2v) is 7.59. The Kier molecular flexibility index (Phi) is 6.36. The molecular formula is C22H28N4O3. The molecule has 29 heavy (non-hydrogen) atoms. The van der Waals surface area contributed by atoms with E-state index in [2.05, 4.69) is 9.88 Å². The topological polar surface area (TPSA) is 67.8 Å². The maximum Gasteiger partial charge on any atom is 0.236 e. The zero-order chi connectivity index (χ0) is 20.1. The first-order chi connectivity index (χ1) is 14.2. The molecule has 7 heteroatoms. The molecule has 0 unspecified atom stereocenters. The van der Waals surface area contributed by atoms with Crippen molar-refractivity contribution in [3.8, 4) is 17.0 Å². The molecule has 3 heterocycles. The molecule has 2 aliphatic rings. The van der Waals surface area contributed by atoms with E-state index >= 15 is 0 Å². The Morgan fingerprint density at radius 3 is 2.86 bits per heavy atom. The number of hydrogen-bond acceptors (Lipinski definition) is 6. The van der Waals surface area contributed by atoms with E-state index in [0.29, 0.717) is 32.8 Å². The van der Waals surface area contributed by atoms with Crippen LogP contribution in [0.15, 0.2) is 36.7 Å². The number of carbonyl (C=O) groups is 1. The predicted octanol–water partition coefficient (Wildman–Crippen LogP) is 2.19. The first-order valence-corrected chi connectivity index (χ1v) is 10.3. The van der Waals surface area contributed by atoms with Crippen LogP contribution in [-0.2, 0) is 9.53 Å². The summed E-state index contributed by atoms with van der Waals surface area (Å²) >= 11 is 0. The molecule has 1 aromatic carbocycles. The van der Waals surface area contributed by atoms with Crippen LogP contribution < -0.4 is 4.74 Å². The van der Waals surface area contributed by atoms with E-state index in [0.717, 1.165) is 48.6 Å². The second-order valence-electron chi connectivity index (χ2n) is 7.59. The van der Waals surface area contributed by atoms with Gasteiger partial charge in [0.1, 0.15) is 5.75 Å². The van der Waals surface area contributed by atoms with Gasteiger partial charge in [-0.15, -0.1) is 0 Å². The zero-order valence-corrected chi connectivity index (χ0v) is 16.9. The summed E-state index contributed by atoms with van der Waals surface area (Å²) in [4.78, 5) is 26.2. The van der Waals surface area contributed by atoms with Gasteiger partial charge in [-0.05, 0) is 31.5 Å². The van der Waals surface area contributed by atoms with Crippen molar-refractivity contribution in [1.29, 1.82) is 0 Å². The fourth-order valence-corrected chi connectivity index (χ4v) is 4.17. The molecule has 2 fully saturated rings. The van der Waals surface area contributed by atoms with Crippen LogP contribution >= 0.6 is 0 Å². The van der Waals surface area contributed by atoms with E-state index < -0.39 is 0 Å². The van der Waals surface area contributed by atoms with E-state index in [1.807, 2.05) is 29.2 Å². The van der Waals surface area contributed by atoms with Gasteiger partial charge in [-0.1, -0.05) is 12.1 Å². The Labute approximate surface area is 171 Å². The third-order valence-electron chi connectivity index (χ3n) is 5.68. The first-order valence-electron chi connectivity index (χ1n) is 10.3. The smallest absolute Gasteiger partial charge is 0.236 e. The Morgan fingerprint density at radius 1 is 1.21 bits per heavy atom. The van der Waals surface area contributed by atoms with Gasteiger partial charge < -0.3 is 14.4 Å². The van der Waals surface area contributed by atoms with Crippen LogP contribution in [0.4, 0.5) is 0 Å². The molecule has 0 bridgehead atoms. The van der Waals surface area contributed by atoms with Crippen molar-refractivity contribution >= 4 is 5.91 Å². The quantitative estimate of drug-likeness (QED) is 0.772. The zero-order valence-electron chi connectivity index (χ0n) is 16.9. The van der Waals surface area contributed by atoms with Gasteiger partial charge in [-0.3, -0.25) is 19.7 Å². The second kappa shape index (κ2) is 9.33. The highest BCUT2D eigenvalue weighted by Crippen LogP contribution is 2.32. The summed E-state index contributed by atoms with van der Waals surface area (Å²) in [6.07, 6.45) is 5.60. The third kappa shape index (κ3) is 4.74. The summed E-state index contributed by atoms with van der Waals surface area (Å²) in [5.41, 5.74) is 2.91. The fourth-order valence-electron chi connectivity index (χ4n) is 4.17. The number of amides is 1. The summed E-state index contributed by atoms with van der Waals surface area (Å²) in [6, 6.07) is 7.94. The summed E-state index contributed by atoms with van der Waals surface area (Å²) in [6.45, 7) is 4.90. The number of aromatic nitrogens is 2. The highest BCUT2D eigenvalue weighted by atomic mass is 16.5. The molecule has 154 valence electrons. The van der Waals surface area contributed by atoms with Crippen molar-refractivity contribution in [3.63, 3.8) is 0 Å². The molecule has 4 rings (SSSR count). The SMILES string of the molecule is COc1cccc(-c2nccnc2[C@H]2CCCN(CC(=O)N3CCOCC3)C2)c1. The number of rotatable bonds is 5. The van der Waals surface area contributed by atoms with E-state index in [9.17, 15) is 4.79 Å². The molecular weight excluding hydrogens is 368 g/mol. The number of benzene rings is 1. The Morgan fingerprint density at radius 2 is 2.03 bits per heavy atom. The minimum atomic E-state index is 0.195. The normalized spacial score (nSPS) is 20.4. The molecule has 1 amide bonds. The lowest BCUT2D eigenvalue weighted by molar-refractivity contribution is -0.136. The monoisotopic (exact) mass is 396 g/mol. The number of methoxy groups -OCH3 is 1. The molecule has 0 spiro atoms. The van der Waals surface area contributed by atoms with Crippen molar-refractivity contribution < 1.29 is 14.3 Å². The van der Waals surface area contributed by atoms with E-state index in [4.69, 9.17) is 14.5 Å². The van der Waals surface area contributed by atoms with Crippen molar-refractivity contribution in [2.45, 2.75) is 18.8 Å². The summed E-state index contributed by atoms with van der Waals surface area (Å²) in [7, 11) is 1.67. The highest BCUT2D eigenvalue weighted by molar-refractivity contribution is 5.78. The average molecular weight is 396 g/mol. The Balaban J connectivity index is 1.49. The van der Waals surface area contributed by atoms with Crippen LogP contribution in [0.5, 0.6) is 5.75 Å².